The number of nitrogens with one attached hydrogen (secondary N) is 1. The fourth-order valence-corrected chi connectivity index (χ4v) is 2.23. The van der Waals surface area contributed by atoms with E-state index < -0.39 is 17.4 Å². The van der Waals surface area contributed by atoms with Gasteiger partial charge in [0.15, 0.2) is 12.4 Å². The summed E-state index contributed by atoms with van der Waals surface area (Å²) in [5.74, 6) is 0.265. The van der Waals surface area contributed by atoms with Crippen LogP contribution in [-0.4, -0.2) is 31.7 Å². The Labute approximate surface area is 148 Å². The van der Waals surface area contributed by atoms with Crippen molar-refractivity contribution >= 4 is 28.9 Å². The van der Waals surface area contributed by atoms with Crippen molar-refractivity contribution in [2.24, 2.45) is 0 Å². The first-order valence-electron chi connectivity index (χ1n) is 7.03. The molecule has 0 saturated heterocycles. The van der Waals surface area contributed by atoms with Crippen LogP contribution in [0.25, 0.3) is 0 Å². The lowest BCUT2D eigenvalue weighted by atomic mass is 10.3. The third-order valence-electron chi connectivity index (χ3n) is 3.16. The number of amides is 1. The Morgan fingerprint density at radius 1 is 1.16 bits per heavy atom. The van der Waals surface area contributed by atoms with Crippen LogP contribution >= 0.6 is 11.6 Å². The molecule has 0 aliphatic heterocycles. The van der Waals surface area contributed by atoms with Gasteiger partial charge in [-0.1, -0.05) is 11.6 Å². The molecule has 8 nitrogen and oxygen atoms in total. The number of ether oxygens (including phenoxy) is 3. The number of anilines is 1. The van der Waals surface area contributed by atoms with E-state index in [0.29, 0.717) is 22.2 Å². The quantitative estimate of drug-likeness (QED) is 0.596. The molecular formula is C16H15ClN2O6. The van der Waals surface area contributed by atoms with Gasteiger partial charge in [-0.25, -0.2) is 0 Å². The standard InChI is InChI=1S/C16H15ClN2O6/c1-23-11-4-6-15(13(8-11)19(21)22)25-9-16(20)18-10-3-5-14(24-2)12(17)7-10/h3-8H,9H2,1-2H3,(H,18,20). The van der Waals surface area contributed by atoms with Gasteiger partial charge in [-0.3, -0.25) is 14.9 Å². The number of methoxy groups -OCH3 is 2. The molecule has 0 aliphatic carbocycles. The molecule has 0 fully saturated rings. The van der Waals surface area contributed by atoms with Crippen molar-refractivity contribution in [3.05, 3.63) is 51.5 Å². The van der Waals surface area contributed by atoms with Gasteiger partial charge in [0.05, 0.1) is 30.2 Å². The first-order valence-corrected chi connectivity index (χ1v) is 7.41. The fraction of sp³-hybridized carbons (Fsp3) is 0.188. The molecule has 0 heterocycles. The smallest absolute Gasteiger partial charge is 0.314 e. The maximum Gasteiger partial charge on any atom is 0.314 e. The van der Waals surface area contributed by atoms with E-state index in [4.69, 9.17) is 25.8 Å². The maximum atomic E-state index is 12.0. The summed E-state index contributed by atoms with van der Waals surface area (Å²) in [7, 11) is 2.88. The van der Waals surface area contributed by atoms with Crippen molar-refractivity contribution in [2.45, 2.75) is 0 Å². The molecular weight excluding hydrogens is 352 g/mol. The number of benzene rings is 2. The topological polar surface area (TPSA) is 99.9 Å². The van der Waals surface area contributed by atoms with Gasteiger partial charge in [-0.2, -0.15) is 0 Å². The van der Waals surface area contributed by atoms with Gasteiger partial charge >= 0.3 is 5.69 Å². The highest BCUT2D eigenvalue weighted by Crippen LogP contribution is 2.31. The zero-order chi connectivity index (χ0) is 18.4. The molecule has 0 aliphatic rings. The molecule has 1 amide bonds. The number of carbonyl (C=O) groups is 1. The average Bonchev–Trinajstić information content (AvgIpc) is 2.60. The Balaban J connectivity index is 2.02. The molecule has 2 aromatic carbocycles. The highest BCUT2D eigenvalue weighted by atomic mass is 35.5. The number of nitro groups is 1. The van der Waals surface area contributed by atoms with Crippen LogP contribution in [0.5, 0.6) is 17.2 Å². The van der Waals surface area contributed by atoms with Gasteiger partial charge in [0.1, 0.15) is 11.5 Å². The largest absolute Gasteiger partial charge is 0.496 e. The van der Waals surface area contributed by atoms with E-state index >= 15 is 0 Å². The van der Waals surface area contributed by atoms with Gasteiger partial charge in [0, 0.05) is 5.69 Å². The molecule has 1 N–H and O–H groups in total. The molecule has 25 heavy (non-hydrogen) atoms. The lowest BCUT2D eigenvalue weighted by Crippen LogP contribution is -2.20. The summed E-state index contributed by atoms with van der Waals surface area (Å²) >= 11 is 5.98. The first kappa shape index (κ1) is 18.3. The van der Waals surface area contributed by atoms with E-state index in [0.717, 1.165) is 0 Å². The summed E-state index contributed by atoms with van der Waals surface area (Å²) in [6, 6.07) is 8.83. The Hall–Kier alpha value is -3.00. The molecule has 0 atom stereocenters. The van der Waals surface area contributed by atoms with Crippen molar-refractivity contribution in [3.8, 4) is 17.2 Å². The van der Waals surface area contributed by atoms with Gasteiger partial charge in [0.25, 0.3) is 5.91 Å². The Kier molecular flexibility index (Phi) is 6.02. The zero-order valence-corrected chi connectivity index (χ0v) is 14.2. The molecule has 0 unspecified atom stereocenters. The SMILES string of the molecule is COc1ccc(OCC(=O)Nc2ccc(OC)c(Cl)c2)c([N+](=O)[O-])c1. The number of carbonyl (C=O) groups excluding carboxylic acids is 1. The molecule has 0 saturated carbocycles. The van der Waals surface area contributed by atoms with Crippen LogP contribution < -0.4 is 19.5 Å². The number of nitrogens with zero attached hydrogens (tertiary/aromatic N) is 1. The van der Waals surface area contributed by atoms with Crippen molar-refractivity contribution in [1.82, 2.24) is 0 Å². The van der Waals surface area contributed by atoms with Crippen LogP contribution in [0.15, 0.2) is 36.4 Å². The van der Waals surface area contributed by atoms with E-state index in [-0.39, 0.29) is 11.4 Å². The van der Waals surface area contributed by atoms with Gasteiger partial charge in [-0.05, 0) is 30.3 Å². The molecule has 9 heteroatoms. The van der Waals surface area contributed by atoms with E-state index in [1.807, 2.05) is 0 Å². The van der Waals surface area contributed by atoms with Crippen LogP contribution in [-0.2, 0) is 4.79 Å². The minimum Gasteiger partial charge on any atom is -0.496 e. The number of hydrogen-bond donors (Lipinski definition) is 1. The summed E-state index contributed by atoms with van der Waals surface area (Å²) < 4.78 is 15.2. The van der Waals surface area contributed by atoms with Crippen LogP contribution in [0.3, 0.4) is 0 Å². The van der Waals surface area contributed by atoms with Crippen LogP contribution in [0, 0.1) is 10.1 Å². The van der Waals surface area contributed by atoms with E-state index in [9.17, 15) is 14.9 Å². The maximum absolute atomic E-state index is 12.0. The third kappa shape index (κ3) is 4.74. The summed E-state index contributed by atoms with van der Waals surface area (Å²) in [6.07, 6.45) is 0. The normalized spacial score (nSPS) is 10.0. The van der Waals surface area contributed by atoms with Gasteiger partial charge in [0.2, 0.25) is 0 Å². The summed E-state index contributed by atoms with van der Waals surface area (Å²) in [5.41, 5.74) is 0.156. The molecule has 0 bridgehead atoms. The number of halogens is 1. The molecule has 2 rings (SSSR count). The molecule has 0 radical (unpaired) electrons. The summed E-state index contributed by atoms with van der Waals surface area (Å²) in [4.78, 5) is 22.4. The number of hydrogen-bond acceptors (Lipinski definition) is 6. The monoisotopic (exact) mass is 366 g/mol. The predicted octanol–water partition coefficient (Wildman–Crippen LogP) is 3.28. The van der Waals surface area contributed by atoms with Crippen molar-refractivity contribution in [3.63, 3.8) is 0 Å². The summed E-state index contributed by atoms with van der Waals surface area (Å²) in [6.45, 7) is -0.406. The minimum atomic E-state index is -0.612. The Morgan fingerprint density at radius 2 is 1.88 bits per heavy atom. The van der Waals surface area contributed by atoms with E-state index in [1.165, 1.54) is 38.5 Å². The van der Waals surface area contributed by atoms with Crippen molar-refractivity contribution in [1.29, 1.82) is 0 Å². The predicted molar refractivity (Wildman–Crippen MR) is 91.8 cm³/mol. The zero-order valence-electron chi connectivity index (χ0n) is 13.4. The second kappa shape index (κ2) is 8.20. The number of nitro benzene ring substituents is 1. The Bertz CT molecular complexity index is 796. The first-order chi connectivity index (χ1) is 11.9. The number of rotatable bonds is 7. The van der Waals surface area contributed by atoms with Crippen LogP contribution in [0.4, 0.5) is 11.4 Å². The van der Waals surface area contributed by atoms with Crippen molar-refractivity contribution in [2.75, 3.05) is 26.1 Å². The van der Waals surface area contributed by atoms with Gasteiger partial charge < -0.3 is 19.5 Å². The minimum absolute atomic E-state index is 0.0336. The van der Waals surface area contributed by atoms with Crippen LogP contribution in [0.1, 0.15) is 0 Å². The average molecular weight is 367 g/mol. The fourth-order valence-electron chi connectivity index (χ4n) is 1.97. The lowest BCUT2D eigenvalue weighted by Gasteiger charge is -2.10. The molecule has 0 aromatic heterocycles. The van der Waals surface area contributed by atoms with E-state index in [2.05, 4.69) is 5.32 Å². The Morgan fingerprint density at radius 3 is 2.48 bits per heavy atom. The highest BCUT2D eigenvalue weighted by molar-refractivity contribution is 6.32. The second-order valence-corrected chi connectivity index (χ2v) is 5.18. The highest BCUT2D eigenvalue weighted by Gasteiger charge is 2.17. The molecule has 0 spiro atoms. The van der Waals surface area contributed by atoms with E-state index in [1.54, 1.807) is 12.1 Å². The van der Waals surface area contributed by atoms with Crippen molar-refractivity contribution < 1.29 is 23.9 Å². The second-order valence-electron chi connectivity index (χ2n) is 4.78. The molecule has 2 aromatic rings. The molecule has 132 valence electrons. The summed E-state index contributed by atoms with van der Waals surface area (Å²) in [5, 5.41) is 14.0. The van der Waals surface area contributed by atoms with Gasteiger partial charge in [-0.15, -0.1) is 0 Å². The van der Waals surface area contributed by atoms with Crippen LogP contribution in [0.2, 0.25) is 5.02 Å². The third-order valence-corrected chi connectivity index (χ3v) is 3.45. The lowest BCUT2D eigenvalue weighted by molar-refractivity contribution is -0.385.